The Morgan fingerprint density at radius 3 is 2.82 bits per heavy atom. The molecular weight excluding hydrogens is 232 g/mol. The van der Waals surface area contributed by atoms with Gasteiger partial charge in [0.15, 0.2) is 5.82 Å². The maximum Gasteiger partial charge on any atom is 0.251 e. The third-order valence-electron chi connectivity index (χ3n) is 2.22. The molecule has 0 atom stereocenters. The lowest BCUT2D eigenvalue weighted by Gasteiger charge is -2.19. The largest absolute Gasteiger partial charge is 0.395 e. The van der Waals surface area contributed by atoms with Gasteiger partial charge in [-0.2, -0.15) is 0 Å². The highest BCUT2D eigenvalue weighted by Gasteiger charge is 2.15. The lowest BCUT2D eigenvalue weighted by molar-refractivity contribution is 0.0725. The van der Waals surface area contributed by atoms with Gasteiger partial charge >= 0.3 is 0 Å². The predicted octanol–water partition coefficient (Wildman–Crippen LogP) is 0.142. The van der Waals surface area contributed by atoms with Crippen LogP contribution in [0.4, 0.5) is 8.78 Å². The Hall–Kier alpha value is -1.15. The summed E-state index contributed by atoms with van der Waals surface area (Å²) in [6, 6.07) is 0. The molecule has 8 heteroatoms. The summed E-state index contributed by atoms with van der Waals surface area (Å²) in [6.45, 7) is 2.49. The zero-order chi connectivity index (χ0) is 12.7. The Morgan fingerprint density at radius 1 is 1.47 bits per heavy atom. The van der Waals surface area contributed by atoms with Crippen LogP contribution in [0, 0.1) is 0 Å². The second-order valence-electron chi connectivity index (χ2n) is 3.67. The first kappa shape index (κ1) is 13.9. The summed E-state index contributed by atoms with van der Waals surface area (Å²) in [6.07, 6.45) is -1.57. The number of aliphatic hydroxyl groups is 1. The number of aryl methyl sites for hydroxylation is 1. The summed E-state index contributed by atoms with van der Waals surface area (Å²) < 4.78 is 26.2. The fourth-order valence-corrected chi connectivity index (χ4v) is 1.49. The van der Waals surface area contributed by atoms with Crippen LogP contribution in [-0.2, 0) is 13.1 Å². The van der Waals surface area contributed by atoms with Gasteiger partial charge in [0, 0.05) is 13.1 Å². The van der Waals surface area contributed by atoms with Crippen LogP contribution >= 0.6 is 0 Å². The van der Waals surface area contributed by atoms with Crippen LogP contribution in [0.5, 0.6) is 0 Å². The molecule has 0 saturated heterocycles. The van der Waals surface area contributed by atoms with Crippen molar-refractivity contribution in [2.45, 2.75) is 32.9 Å². The van der Waals surface area contributed by atoms with Gasteiger partial charge in [0.2, 0.25) is 0 Å². The van der Waals surface area contributed by atoms with Gasteiger partial charge in [0.1, 0.15) is 0 Å². The molecule has 0 aliphatic rings. The number of hydrogen-bond donors (Lipinski definition) is 1. The number of halogens is 2. The molecule has 0 unspecified atom stereocenters. The molecule has 0 spiro atoms. The van der Waals surface area contributed by atoms with Crippen molar-refractivity contribution in [1.29, 1.82) is 0 Å². The molecule has 1 N–H and O–H groups in total. The van der Waals surface area contributed by atoms with Gasteiger partial charge in [-0.15, -0.1) is 5.10 Å². The summed E-state index contributed by atoms with van der Waals surface area (Å²) >= 11 is 0. The van der Waals surface area contributed by atoms with Crippen LogP contribution in [0.3, 0.4) is 0 Å². The number of aliphatic hydroxyl groups excluding tert-OH is 1. The third-order valence-corrected chi connectivity index (χ3v) is 2.22. The molecule has 6 nitrogen and oxygen atoms in total. The summed E-state index contributed by atoms with van der Waals surface area (Å²) in [4.78, 5) is 1.43. The monoisotopic (exact) mass is 249 g/mol. The summed E-state index contributed by atoms with van der Waals surface area (Å²) in [5.74, 6) is 0.543. The zero-order valence-electron chi connectivity index (χ0n) is 9.76. The smallest absolute Gasteiger partial charge is 0.251 e. The van der Waals surface area contributed by atoms with Gasteiger partial charge in [-0.3, -0.25) is 4.90 Å². The lowest BCUT2D eigenvalue weighted by atomic mass is 10.4. The molecule has 0 aromatic carbocycles. The number of hydrogen-bond acceptors (Lipinski definition) is 5. The standard InChI is InChI=1S/C9H17F2N5O/c1-2-3-16-9(12-13-14-16)7-15(4-5-17)6-8(10)11/h8,17H,2-7H2,1H3. The van der Waals surface area contributed by atoms with Gasteiger partial charge in [-0.25, -0.2) is 13.5 Å². The number of rotatable bonds is 8. The number of nitrogens with zero attached hydrogens (tertiary/aromatic N) is 5. The Kier molecular flexibility index (Phi) is 5.92. The maximum atomic E-state index is 12.3. The topological polar surface area (TPSA) is 67.1 Å². The third kappa shape index (κ3) is 4.70. The number of tetrazole rings is 1. The van der Waals surface area contributed by atoms with E-state index < -0.39 is 6.43 Å². The highest BCUT2D eigenvalue weighted by atomic mass is 19.3. The molecule has 1 aromatic heterocycles. The van der Waals surface area contributed by atoms with E-state index in [-0.39, 0.29) is 26.2 Å². The second-order valence-corrected chi connectivity index (χ2v) is 3.67. The van der Waals surface area contributed by atoms with E-state index in [9.17, 15) is 8.78 Å². The Morgan fingerprint density at radius 2 is 2.24 bits per heavy atom. The van der Waals surface area contributed by atoms with E-state index in [1.54, 1.807) is 4.68 Å². The van der Waals surface area contributed by atoms with E-state index in [1.807, 2.05) is 6.92 Å². The molecule has 0 amide bonds. The van der Waals surface area contributed by atoms with Gasteiger partial charge in [0.05, 0.1) is 19.7 Å². The Labute approximate surface area is 98.2 Å². The van der Waals surface area contributed by atoms with E-state index in [1.165, 1.54) is 4.90 Å². The van der Waals surface area contributed by atoms with Crippen LogP contribution in [0.1, 0.15) is 19.2 Å². The first-order valence-corrected chi connectivity index (χ1v) is 5.53. The summed E-state index contributed by atoms with van der Waals surface area (Å²) in [7, 11) is 0. The van der Waals surface area contributed by atoms with Gasteiger partial charge in [0.25, 0.3) is 6.43 Å². The molecular formula is C9H17F2N5O. The van der Waals surface area contributed by atoms with Crippen molar-refractivity contribution in [3.05, 3.63) is 5.82 Å². The molecule has 17 heavy (non-hydrogen) atoms. The van der Waals surface area contributed by atoms with Crippen LogP contribution in [0.25, 0.3) is 0 Å². The quantitative estimate of drug-likeness (QED) is 0.710. The second kappa shape index (κ2) is 7.23. The Balaban J connectivity index is 2.60. The van der Waals surface area contributed by atoms with Crippen molar-refractivity contribution in [2.24, 2.45) is 0 Å². The van der Waals surface area contributed by atoms with Crippen molar-refractivity contribution in [1.82, 2.24) is 25.1 Å². The van der Waals surface area contributed by atoms with Crippen molar-refractivity contribution in [3.63, 3.8) is 0 Å². The Bertz CT molecular complexity index is 320. The minimum Gasteiger partial charge on any atom is -0.395 e. The number of aromatic nitrogens is 4. The van der Waals surface area contributed by atoms with Crippen molar-refractivity contribution >= 4 is 0 Å². The zero-order valence-corrected chi connectivity index (χ0v) is 9.76. The first-order chi connectivity index (χ1) is 8.17. The summed E-state index contributed by atoms with van der Waals surface area (Å²) in [5.41, 5.74) is 0. The van der Waals surface area contributed by atoms with Crippen LogP contribution in [0.15, 0.2) is 0 Å². The molecule has 0 bridgehead atoms. The molecule has 0 aliphatic heterocycles. The van der Waals surface area contributed by atoms with Gasteiger partial charge in [-0.1, -0.05) is 6.92 Å². The molecule has 1 aromatic rings. The molecule has 98 valence electrons. The van der Waals surface area contributed by atoms with Crippen molar-refractivity contribution in [3.8, 4) is 0 Å². The molecule has 0 aliphatic carbocycles. The normalized spacial score (nSPS) is 11.6. The average molecular weight is 249 g/mol. The van der Waals surface area contributed by atoms with Gasteiger partial charge < -0.3 is 5.11 Å². The number of alkyl halides is 2. The van der Waals surface area contributed by atoms with Crippen molar-refractivity contribution < 1.29 is 13.9 Å². The fourth-order valence-electron chi connectivity index (χ4n) is 1.49. The first-order valence-electron chi connectivity index (χ1n) is 5.53. The minimum absolute atomic E-state index is 0.165. The average Bonchev–Trinajstić information content (AvgIpc) is 2.66. The summed E-state index contributed by atoms with van der Waals surface area (Å²) in [5, 5.41) is 19.9. The van der Waals surface area contributed by atoms with E-state index in [0.29, 0.717) is 12.4 Å². The molecule has 0 saturated carbocycles. The predicted molar refractivity (Wildman–Crippen MR) is 56.5 cm³/mol. The van der Waals surface area contributed by atoms with Crippen LogP contribution < -0.4 is 0 Å². The molecule has 0 radical (unpaired) electrons. The highest BCUT2D eigenvalue weighted by molar-refractivity contribution is 4.81. The van der Waals surface area contributed by atoms with Crippen LogP contribution in [0.2, 0.25) is 0 Å². The minimum atomic E-state index is -2.43. The molecule has 1 heterocycles. The SMILES string of the molecule is CCCn1nnnc1CN(CCO)CC(F)F. The lowest BCUT2D eigenvalue weighted by Crippen LogP contribution is -2.32. The van der Waals surface area contributed by atoms with E-state index in [4.69, 9.17) is 5.11 Å². The van der Waals surface area contributed by atoms with Gasteiger partial charge in [-0.05, 0) is 16.8 Å². The van der Waals surface area contributed by atoms with E-state index in [2.05, 4.69) is 15.5 Å². The fraction of sp³-hybridized carbons (Fsp3) is 0.889. The molecule has 1 rings (SSSR count). The highest BCUT2D eigenvalue weighted by Crippen LogP contribution is 2.04. The van der Waals surface area contributed by atoms with E-state index in [0.717, 1.165) is 6.42 Å². The van der Waals surface area contributed by atoms with Crippen molar-refractivity contribution in [2.75, 3.05) is 19.7 Å². The molecule has 0 fully saturated rings. The van der Waals surface area contributed by atoms with E-state index >= 15 is 0 Å². The van der Waals surface area contributed by atoms with Crippen LogP contribution in [-0.4, -0.2) is 56.3 Å². The maximum absolute atomic E-state index is 12.3.